The van der Waals surface area contributed by atoms with Crippen molar-refractivity contribution in [3.8, 4) is 5.75 Å². The van der Waals surface area contributed by atoms with Gasteiger partial charge in [0.05, 0.1) is 7.11 Å². The van der Waals surface area contributed by atoms with Crippen LogP contribution in [-0.4, -0.2) is 42.5 Å². The summed E-state index contributed by atoms with van der Waals surface area (Å²) in [6.45, 7) is 3.80. The van der Waals surface area contributed by atoms with E-state index < -0.39 is 5.54 Å². The highest BCUT2D eigenvalue weighted by atomic mass is 19.1. The first kappa shape index (κ1) is 19.6. The fourth-order valence-electron chi connectivity index (χ4n) is 4.27. The summed E-state index contributed by atoms with van der Waals surface area (Å²) in [5.41, 5.74) is -0.0131. The molecule has 148 valence electrons. The molecule has 1 aromatic rings. The van der Waals surface area contributed by atoms with Crippen molar-refractivity contribution in [2.75, 3.05) is 20.2 Å². The molecule has 0 aliphatic carbocycles. The number of hydrogen-bond donors (Lipinski definition) is 1. The van der Waals surface area contributed by atoms with Crippen LogP contribution in [0, 0.1) is 11.7 Å². The van der Waals surface area contributed by atoms with E-state index >= 15 is 0 Å². The van der Waals surface area contributed by atoms with E-state index in [9.17, 15) is 14.0 Å². The summed E-state index contributed by atoms with van der Waals surface area (Å²) in [7, 11) is 1.50. The third-order valence-electron chi connectivity index (χ3n) is 5.85. The lowest BCUT2D eigenvalue weighted by Crippen LogP contribution is -2.46. The van der Waals surface area contributed by atoms with Gasteiger partial charge in [0.2, 0.25) is 11.8 Å². The first-order valence-electron chi connectivity index (χ1n) is 9.82. The van der Waals surface area contributed by atoms with Crippen LogP contribution in [0.15, 0.2) is 18.2 Å². The number of methoxy groups -OCH3 is 1. The van der Waals surface area contributed by atoms with Gasteiger partial charge >= 0.3 is 0 Å². The second-order valence-corrected chi connectivity index (χ2v) is 8.05. The average molecular weight is 376 g/mol. The summed E-state index contributed by atoms with van der Waals surface area (Å²) in [6.07, 6.45) is 4.57. The number of piperidine rings is 1. The number of carbonyl (C=O) groups excluding carboxylic acids is 2. The summed E-state index contributed by atoms with van der Waals surface area (Å²) in [6, 6.07) is 4.79. The van der Waals surface area contributed by atoms with E-state index in [4.69, 9.17) is 4.74 Å². The van der Waals surface area contributed by atoms with Crippen molar-refractivity contribution in [1.29, 1.82) is 0 Å². The van der Waals surface area contributed by atoms with E-state index in [0.29, 0.717) is 49.3 Å². The maximum absolute atomic E-state index is 14.4. The standard InChI is InChI=1S/C21H29FN2O3/c1-15-4-3-11-24(14-15)20(26)8-10-21(9-7-19(25)23-21)13-16-5-6-17(27-2)12-18(16)22/h5-6,12,15H,3-4,7-11,13-14H2,1-2H3,(H,23,25)/t15-,21+/m1/s1. The average Bonchev–Trinajstić information content (AvgIpc) is 3.02. The largest absolute Gasteiger partial charge is 0.497 e. The second-order valence-electron chi connectivity index (χ2n) is 8.05. The molecule has 0 saturated carbocycles. The molecule has 1 aromatic carbocycles. The molecule has 2 aliphatic rings. The van der Waals surface area contributed by atoms with Crippen LogP contribution in [-0.2, 0) is 16.0 Å². The van der Waals surface area contributed by atoms with E-state index in [1.807, 2.05) is 4.90 Å². The molecule has 2 fully saturated rings. The summed E-state index contributed by atoms with van der Waals surface area (Å²) in [5, 5.41) is 3.03. The summed E-state index contributed by atoms with van der Waals surface area (Å²) >= 11 is 0. The molecule has 1 N–H and O–H groups in total. The molecule has 3 rings (SSSR count). The fourth-order valence-corrected chi connectivity index (χ4v) is 4.27. The Morgan fingerprint density at radius 2 is 2.26 bits per heavy atom. The van der Waals surface area contributed by atoms with Gasteiger partial charge < -0.3 is 15.0 Å². The number of benzene rings is 1. The summed E-state index contributed by atoms with van der Waals surface area (Å²) in [5.74, 6) is 0.776. The van der Waals surface area contributed by atoms with Crippen molar-refractivity contribution in [3.63, 3.8) is 0 Å². The highest BCUT2D eigenvalue weighted by molar-refractivity contribution is 5.80. The molecule has 6 heteroatoms. The Morgan fingerprint density at radius 1 is 1.44 bits per heavy atom. The van der Waals surface area contributed by atoms with Gasteiger partial charge in [0.15, 0.2) is 0 Å². The first-order valence-corrected chi connectivity index (χ1v) is 9.82. The predicted molar refractivity (Wildman–Crippen MR) is 101 cm³/mol. The van der Waals surface area contributed by atoms with Crippen LogP contribution < -0.4 is 10.1 Å². The van der Waals surface area contributed by atoms with Crippen molar-refractivity contribution in [3.05, 3.63) is 29.6 Å². The van der Waals surface area contributed by atoms with E-state index in [-0.39, 0.29) is 17.6 Å². The van der Waals surface area contributed by atoms with Crippen molar-refractivity contribution in [2.24, 2.45) is 5.92 Å². The number of ether oxygens (including phenoxy) is 1. The number of nitrogens with zero attached hydrogens (tertiary/aromatic N) is 1. The zero-order valence-electron chi connectivity index (χ0n) is 16.2. The second kappa shape index (κ2) is 8.28. The van der Waals surface area contributed by atoms with Gasteiger partial charge in [-0.2, -0.15) is 0 Å². The lowest BCUT2D eigenvalue weighted by atomic mass is 9.84. The molecule has 2 aliphatic heterocycles. The Bertz CT molecular complexity index is 709. The molecule has 0 aromatic heterocycles. The van der Waals surface area contributed by atoms with Crippen LogP contribution >= 0.6 is 0 Å². The number of likely N-dealkylation sites (tertiary alicyclic amines) is 1. The SMILES string of the molecule is COc1ccc(C[C@@]2(CCC(=O)N3CCC[C@@H](C)C3)CCC(=O)N2)c(F)c1. The van der Waals surface area contributed by atoms with Crippen molar-refractivity contribution >= 4 is 11.8 Å². The van der Waals surface area contributed by atoms with E-state index in [1.165, 1.54) is 19.6 Å². The molecular weight excluding hydrogens is 347 g/mol. The summed E-state index contributed by atoms with van der Waals surface area (Å²) in [4.78, 5) is 26.5. The van der Waals surface area contributed by atoms with Crippen LogP contribution in [0.3, 0.4) is 0 Å². The predicted octanol–water partition coefficient (Wildman–Crippen LogP) is 3.06. The van der Waals surface area contributed by atoms with Crippen LogP contribution in [0.5, 0.6) is 5.75 Å². The van der Waals surface area contributed by atoms with Crippen molar-refractivity contribution in [1.82, 2.24) is 10.2 Å². The molecule has 2 heterocycles. The van der Waals surface area contributed by atoms with Gasteiger partial charge in [-0.1, -0.05) is 13.0 Å². The molecule has 2 saturated heterocycles. The Hall–Kier alpha value is -2.11. The number of halogens is 1. The molecule has 2 atom stereocenters. The minimum Gasteiger partial charge on any atom is -0.497 e. The van der Waals surface area contributed by atoms with Gasteiger partial charge in [0, 0.05) is 37.5 Å². The van der Waals surface area contributed by atoms with Crippen LogP contribution in [0.2, 0.25) is 0 Å². The van der Waals surface area contributed by atoms with Gasteiger partial charge in [-0.3, -0.25) is 9.59 Å². The lowest BCUT2D eigenvalue weighted by molar-refractivity contribution is -0.133. The van der Waals surface area contributed by atoms with Gasteiger partial charge in [-0.25, -0.2) is 4.39 Å². The number of carbonyl (C=O) groups is 2. The Balaban J connectivity index is 1.68. The van der Waals surface area contributed by atoms with E-state index in [0.717, 1.165) is 19.5 Å². The molecular formula is C21H29FN2O3. The van der Waals surface area contributed by atoms with Crippen molar-refractivity contribution < 1.29 is 18.7 Å². The maximum atomic E-state index is 14.4. The molecule has 0 bridgehead atoms. The zero-order chi connectivity index (χ0) is 19.4. The van der Waals surface area contributed by atoms with Crippen LogP contribution in [0.25, 0.3) is 0 Å². The molecule has 0 spiro atoms. The Morgan fingerprint density at radius 3 is 2.89 bits per heavy atom. The minimum absolute atomic E-state index is 0.0250. The van der Waals surface area contributed by atoms with Gasteiger partial charge in [-0.05, 0) is 49.7 Å². The van der Waals surface area contributed by atoms with Gasteiger partial charge in [0.25, 0.3) is 0 Å². The molecule has 27 heavy (non-hydrogen) atoms. The maximum Gasteiger partial charge on any atom is 0.222 e. The highest BCUT2D eigenvalue weighted by Gasteiger charge is 2.39. The zero-order valence-corrected chi connectivity index (χ0v) is 16.2. The van der Waals surface area contributed by atoms with Crippen molar-refractivity contribution in [2.45, 2.75) is 57.4 Å². The smallest absolute Gasteiger partial charge is 0.222 e. The number of nitrogens with one attached hydrogen (secondary N) is 1. The Kier molecular flexibility index (Phi) is 6.02. The highest BCUT2D eigenvalue weighted by Crippen LogP contribution is 2.32. The lowest BCUT2D eigenvalue weighted by Gasteiger charge is -2.33. The third-order valence-corrected chi connectivity index (χ3v) is 5.85. The number of amides is 2. The Labute approximate surface area is 160 Å². The number of rotatable bonds is 6. The first-order chi connectivity index (χ1) is 12.9. The minimum atomic E-state index is -0.552. The van der Waals surface area contributed by atoms with Gasteiger partial charge in [-0.15, -0.1) is 0 Å². The normalized spacial score (nSPS) is 25.4. The molecule has 0 unspecified atom stereocenters. The monoisotopic (exact) mass is 376 g/mol. The molecule has 2 amide bonds. The topological polar surface area (TPSA) is 58.6 Å². The van der Waals surface area contributed by atoms with E-state index in [2.05, 4.69) is 12.2 Å². The molecule has 0 radical (unpaired) electrons. The summed E-state index contributed by atoms with van der Waals surface area (Å²) < 4.78 is 19.5. The van der Waals surface area contributed by atoms with Crippen LogP contribution in [0.1, 0.15) is 51.0 Å². The van der Waals surface area contributed by atoms with E-state index in [1.54, 1.807) is 12.1 Å². The third kappa shape index (κ3) is 4.79. The van der Waals surface area contributed by atoms with Crippen LogP contribution in [0.4, 0.5) is 4.39 Å². The van der Waals surface area contributed by atoms with Gasteiger partial charge in [0.1, 0.15) is 11.6 Å². The number of hydrogen-bond acceptors (Lipinski definition) is 3. The fraction of sp³-hybridized carbons (Fsp3) is 0.619. The molecule has 5 nitrogen and oxygen atoms in total. The quantitative estimate of drug-likeness (QED) is 0.830.